The van der Waals surface area contributed by atoms with E-state index >= 15 is 0 Å². The van der Waals surface area contributed by atoms with Crippen LogP contribution in [0.25, 0.3) is 0 Å². The molecule has 0 saturated heterocycles. The molecular formula is C7H10Cl2. The number of hydrogen-bond acceptors (Lipinski definition) is 0. The van der Waals surface area contributed by atoms with Gasteiger partial charge in [0.05, 0.1) is 0 Å². The molecule has 1 aliphatic carbocycles. The topological polar surface area (TPSA) is 0 Å². The first-order valence-electron chi connectivity index (χ1n) is 3.01. The van der Waals surface area contributed by atoms with Crippen LogP contribution in [0.2, 0.25) is 0 Å². The molecule has 0 aromatic rings. The van der Waals surface area contributed by atoms with Gasteiger partial charge in [-0.1, -0.05) is 19.1 Å². The van der Waals surface area contributed by atoms with Crippen molar-refractivity contribution >= 4 is 23.2 Å². The van der Waals surface area contributed by atoms with E-state index in [-0.39, 0.29) is 0 Å². The van der Waals surface area contributed by atoms with Gasteiger partial charge in [0, 0.05) is 5.92 Å². The second kappa shape index (κ2) is 1.90. The quantitative estimate of drug-likeness (QED) is 0.413. The normalized spacial score (nSPS) is 38.2. The minimum absolute atomic E-state index is 0.320. The fraction of sp³-hybridized carbons (Fsp3) is 0.714. The summed E-state index contributed by atoms with van der Waals surface area (Å²) >= 11 is 11.7. The summed E-state index contributed by atoms with van der Waals surface area (Å²) in [6.45, 7) is 7.80. The average molecular weight is 165 g/mol. The molecule has 2 unspecified atom stereocenters. The molecule has 0 nitrogen and oxygen atoms in total. The second-order valence-corrected chi connectivity index (χ2v) is 4.23. The first-order valence-corrected chi connectivity index (χ1v) is 3.76. The van der Waals surface area contributed by atoms with Crippen LogP contribution in [0.4, 0.5) is 0 Å². The predicted octanol–water partition coefficient (Wildman–Crippen LogP) is 3.00. The number of rotatable bonds is 1. The van der Waals surface area contributed by atoms with Crippen molar-refractivity contribution in [3.05, 3.63) is 12.2 Å². The van der Waals surface area contributed by atoms with Crippen molar-refractivity contribution in [1.29, 1.82) is 0 Å². The summed E-state index contributed by atoms with van der Waals surface area (Å²) in [4.78, 5) is 0. The molecule has 0 aromatic carbocycles. The van der Waals surface area contributed by atoms with E-state index < -0.39 is 4.33 Å². The fourth-order valence-electron chi connectivity index (χ4n) is 1.23. The molecule has 0 bridgehead atoms. The molecule has 2 heteroatoms. The largest absolute Gasteiger partial charge is 0.128 e. The van der Waals surface area contributed by atoms with Crippen molar-refractivity contribution in [2.24, 2.45) is 11.8 Å². The maximum absolute atomic E-state index is 5.86. The van der Waals surface area contributed by atoms with Gasteiger partial charge in [-0.25, -0.2) is 0 Å². The van der Waals surface area contributed by atoms with Crippen LogP contribution < -0.4 is 0 Å². The zero-order valence-corrected chi connectivity index (χ0v) is 7.13. The lowest BCUT2D eigenvalue weighted by Gasteiger charge is -1.94. The van der Waals surface area contributed by atoms with Crippen molar-refractivity contribution in [2.45, 2.75) is 18.2 Å². The number of alkyl halides is 2. The zero-order chi connectivity index (χ0) is 7.23. The first kappa shape index (κ1) is 7.43. The maximum atomic E-state index is 5.86. The molecule has 0 radical (unpaired) electrons. The maximum Gasteiger partial charge on any atom is 0.128 e. The van der Waals surface area contributed by atoms with Gasteiger partial charge in [0.25, 0.3) is 0 Å². The Bertz CT molecular complexity index is 149. The average Bonchev–Trinajstić information content (AvgIpc) is 2.07. The van der Waals surface area contributed by atoms with Crippen LogP contribution in [0, 0.1) is 11.8 Å². The van der Waals surface area contributed by atoms with Gasteiger partial charge < -0.3 is 0 Å². The molecule has 0 spiro atoms. The molecule has 2 atom stereocenters. The molecule has 0 aliphatic heterocycles. The minimum Gasteiger partial charge on any atom is -0.101 e. The molecule has 9 heavy (non-hydrogen) atoms. The molecular weight excluding hydrogens is 155 g/mol. The Morgan fingerprint density at radius 1 is 1.56 bits per heavy atom. The third-order valence-electron chi connectivity index (χ3n) is 1.94. The highest BCUT2D eigenvalue weighted by Crippen LogP contribution is 2.61. The van der Waals surface area contributed by atoms with E-state index in [1.807, 2.05) is 13.8 Å². The Balaban J connectivity index is 2.62. The standard InChI is InChI=1S/C7H10Cl2/c1-4(2)6-5(3)7(6,8)9/h5-6H,1H2,2-3H3. The summed E-state index contributed by atoms with van der Waals surface area (Å²) in [6, 6.07) is 0. The molecule has 0 amide bonds. The highest BCUT2D eigenvalue weighted by molar-refractivity contribution is 6.51. The van der Waals surface area contributed by atoms with Gasteiger partial charge >= 0.3 is 0 Å². The van der Waals surface area contributed by atoms with Gasteiger partial charge in [-0.15, -0.1) is 23.2 Å². The summed E-state index contributed by atoms with van der Waals surface area (Å²) in [6.07, 6.45) is 0. The predicted molar refractivity (Wildman–Crippen MR) is 41.9 cm³/mol. The summed E-state index contributed by atoms with van der Waals surface area (Å²) in [5, 5.41) is 0. The van der Waals surface area contributed by atoms with Crippen LogP contribution in [0.3, 0.4) is 0 Å². The first-order chi connectivity index (χ1) is 3.98. The molecule has 0 heterocycles. The van der Waals surface area contributed by atoms with Gasteiger partial charge in [0.1, 0.15) is 4.33 Å². The van der Waals surface area contributed by atoms with E-state index in [4.69, 9.17) is 23.2 Å². The van der Waals surface area contributed by atoms with Crippen LogP contribution >= 0.6 is 23.2 Å². The summed E-state index contributed by atoms with van der Waals surface area (Å²) in [7, 11) is 0. The lowest BCUT2D eigenvalue weighted by atomic mass is 10.2. The summed E-state index contributed by atoms with van der Waals surface area (Å²) in [5.41, 5.74) is 1.09. The SMILES string of the molecule is C=C(C)C1C(C)C1(Cl)Cl. The van der Waals surface area contributed by atoms with Crippen molar-refractivity contribution < 1.29 is 0 Å². The van der Waals surface area contributed by atoms with E-state index in [1.165, 1.54) is 0 Å². The van der Waals surface area contributed by atoms with Crippen LogP contribution in [0.15, 0.2) is 12.2 Å². The Hall–Kier alpha value is 0.320. The Morgan fingerprint density at radius 3 is 1.89 bits per heavy atom. The Morgan fingerprint density at radius 2 is 1.89 bits per heavy atom. The van der Waals surface area contributed by atoms with E-state index in [1.54, 1.807) is 0 Å². The van der Waals surface area contributed by atoms with Crippen LogP contribution in [-0.2, 0) is 0 Å². The Labute approximate surface area is 65.8 Å². The Kier molecular flexibility index (Phi) is 1.57. The molecule has 52 valence electrons. The van der Waals surface area contributed by atoms with E-state index in [0.29, 0.717) is 11.8 Å². The van der Waals surface area contributed by atoms with Crippen molar-refractivity contribution in [3.63, 3.8) is 0 Å². The summed E-state index contributed by atoms with van der Waals surface area (Å²) in [5.74, 6) is 0.708. The highest BCUT2D eigenvalue weighted by Gasteiger charge is 2.60. The summed E-state index contributed by atoms with van der Waals surface area (Å²) < 4.78 is -0.508. The molecule has 0 N–H and O–H groups in total. The van der Waals surface area contributed by atoms with Crippen LogP contribution in [-0.4, -0.2) is 4.33 Å². The van der Waals surface area contributed by atoms with Crippen LogP contribution in [0.1, 0.15) is 13.8 Å². The number of halogens is 2. The van der Waals surface area contributed by atoms with Gasteiger partial charge in [-0.05, 0) is 12.8 Å². The van der Waals surface area contributed by atoms with E-state index in [0.717, 1.165) is 5.57 Å². The molecule has 1 fully saturated rings. The third-order valence-corrected chi connectivity index (χ3v) is 3.10. The van der Waals surface area contributed by atoms with Crippen molar-refractivity contribution in [2.75, 3.05) is 0 Å². The number of allylic oxidation sites excluding steroid dienone is 1. The molecule has 0 aromatic heterocycles. The van der Waals surface area contributed by atoms with Crippen molar-refractivity contribution in [1.82, 2.24) is 0 Å². The van der Waals surface area contributed by atoms with Gasteiger partial charge in [0.15, 0.2) is 0 Å². The molecule has 1 rings (SSSR count). The van der Waals surface area contributed by atoms with Crippen molar-refractivity contribution in [3.8, 4) is 0 Å². The molecule has 1 saturated carbocycles. The lowest BCUT2D eigenvalue weighted by molar-refractivity contribution is 0.859. The number of hydrogen-bond donors (Lipinski definition) is 0. The second-order valence-electron chi connectivity index (χ2n) is 2.79. The van der Waals surface area contributed by atoms with E-state index in [9.17, 15) is 0 Å². The van der Waals surface area contributed by atoms with E-state index in [2.05, 4.69) is 6.58 Å². The minimum atomic E-state index is -0.508. The van der Waals surface area contributed by atoms with Crippen LogP contribution in [0.5, 0.6) is 0 Å². The monoisotopic (exact) mass is 164 g/mol. The highest BCUT2D eigenvalue weighted by atomic mass is 35.5. The van der Waals surface area contributed by atoms with Gasteiger partial charge in [0.2, 0.25) is 0 Å². The van der Waals surface area contributed by atoms with Gasteiger partial charge in [-0.3, -0.25) is 0 Å². The van der Waals surface area contributed by atoms with Gasteiger partial charge in [-0.2, -0.15) is 0 Å². The third kappa shape index (κ3) is 0.990. The smallest absolute Gasteiger partial charge is 0.101 e. The molecule has 1 aliphatic rings. The lowest BCUT2D eigenvalue weighted by Crippen LogP contribution is -1.89. The zero-order valence-electron chi connectivity index (χ0n) is 5.62. The fourth-order valence-corrected chi connectivity index (χ4v) is 2.11.